The summed E-state index contributed by atoms with van der Waals surface area (Å²) in [5.74, 6) is 0.431. The van der Waals surface area contributed by atoms with E-state index >= 15 is 0 Å². The van der Waals surface area contributed by atoms with Gasteiger partial charge in [-0.1, -0.05) is 41.4 Å². The van der Waals surface area contributed by atoms with Crippen LogP contribution < -0.4 is 10.9 Å². The fraction of sp³-hybridized carbons (Fsp3) is 0.360. The number of fused-ring (bicyclic) bond motifs is 3. The Morgan fingerprint density at radius 3 is 2.82 bits per heavy atom. The second-order valence-corrected chi connectivity index (χ2v) is 9.23. The number of hydrogen-bond acceptors (Lipinski definition) is 5. The maximum absolute atomic E-state index is 13.6. The van der Waals surface area contributed by atoms with Crippen LogP contribution in [-0.4, -0.2) is 21.4 Å². The molecule has 4 aromatic rings. The summed E-state index contributed by atoms with van der Waals surface area (Å²) < 4.78 is 20.4. The lowest BCUT2D eigenvalue weighted by Crippen LogP contribution is -2.34. The lowest BCUT2D eigenvalue weighted by atomic mass is 9.85. The molecular weight excluding hydrogens is 445 g/mol. The predicted octanol–water partition coefficient (Wildman–Crippen LogP) is 5.26. The first-order chi connectivity index (χ1) is 15.9. The number of nitrogens with zero attached hydrogens (tertiary/aromatic N) is 2. The molecule has 0 radical (unpaired) electrons. The van der Waals surface area contributed by atoms with Gasteiger partial charge in [0, 0.05) is 18.0 Å². The average molecular weight is 470 g/mol. The van der Waals surface area contributed by atoms with E-state index in [0.717, 1.165) is 36.6 Å². The van der Waals surface area contributed by atoms with Crippen molar-refractivity contribution in [3.05, 3.63) is 75.0 Å². The van der Waals surface area contributed by atoms with Gasteiger partial charge in [0.25, 0.3) is 5.56 Å². The molecule has 6 nitrogen and oxygen atoms in total. The molecule has 0 aliphatic heterocycles. The molecule has 8 heteroatoms. The van der Waals surface area contributed by atoms with Gasteiger partial charge in [-0.3, -0.25) is 10.1 Å². The van der Waals surface area contributed by atoms with Crippen molar-refractivity contribution >= 4 is 33.4 Å². The molecule has 5 rings (SSSR count). The van der Waals surface area contributed by atoms with Gasteiger partial charge in [0.05, 0.1) is 10.5 Å². The van der Waals surface area contributed by atoms with Crippen LogP contribution in [0.2, 0.25) is 5.02 Å². The number of aliphatic hydroxyl groups is 1. The molecule has 33 heavy (non-hydrogen) atoms. The van der Waals surface area contributed by atoms with E-state index in [4.69, 9.17) is 16.1 Å². The molecule has 1 fully saturated rings. The van der Waals surface area contributed by atoms with Gasteiger partial charge >= 0.3 is 0 Å². The number of pyridine rings is 1. The number of halogens is 2. The van der Waals surface area contributed by atoms with Crippen molar-refractivity contribution in [2.24, 2.45) is 5.92 Å². The van der Waals surface area contributed by atoms with Crippen molar-refractivity contribution in [1.29, 1.82) is 0 Å². The quantitative estimate of drug-likeness (QED) is 0.390. The van der Waals surface area contributed by atoms with E-state index in [9.17, 15) is 14.3 Å². The summed E-state index contributed by atoms with van der Waals surface area (Å²) in [4.78, 5) is 13.6. The second kappa shape index (κ2) is 8.89. The predicted molar refractivity (Wildman–Crippen MR) is 126 cm³/mol. The Morgan fingerprint density at radius 2 is 2.03 bits per heavy atom. The van der Waals surface area contributed by atoms with Gasteiger partial charge in [-0.25, -0.2) is 4.39 Å². The first-order valence-corrected chi connectivity index (χ1v) is 11.6. The van der Waals surface area contributed by atoms with Crippen LogP contribution in [-0.2, 0) is 0 Å². The molecule has 1 aliphatic rings. The maximum Gasteiger partial charge on any atom is 0.264 e. The van der Waals surface area contributed by atoms with Gasteiger partial charge in [0.15, 0.2) is 0 Å². The zero-order valence-electron chi connectivity index (χ0n) is 18.2. The third-order valence-electron chi connectivity index (χ3n) is 6.69. The largest absolute Gasteiger partial charge is 0.374 e. The molecular formula is C25H25ClFN3O3. The number of aryl methyl sites for hydroxylation is 1. The van der Waals surface area contributed by atoms with E-state index < -0.39 is 6.23 Å². The Labute approximate surface area is 194 Å². The lowest BCUT2D eigenvalue weighted by Gasteiger charge is -2.32. The SMILES string of the molecule is Cc1onc2c1c(=O)n([C@H]1CCC[C@@H](CN[C@@H](O)c3ccc(F)cc3)C1)c1cccc(Cl)c21. The summed E-state index contributed by atoms with van der Waals surface area (Å²) in [5, 5.41) is 19.5. The van der Waals surface area contributed by atoms with Crippen molar-refractivity contribution in [2.75, 3.05) is 6.54 Å². The Kier molecular flexibility index (Phi) is 5.95. The van der Waals surface area contributed by atoms with Gasteiger partial charge in [-0.05, 0) is 61.9 Å². The molecule has 0 bridgehead atoms. The zero-order chi connectivity index (χ0) is 23.1. The van der Waals surface area contributed by atoms with E-state index in [2.05, 4.69) is 10.5 Å². The Morgan fingerprint density at radius 1 is 1.24 bits per heavy atom. The van der Waals surface area contributed by atoms with E-state index in [1.807, 2.05) is 16.7 Å². The smallest absolute Gasteiger partial charge is 0.264 e. The van der Waals surface area contributed by atoms with Crippen molar-refractivity contribution in [3.63, 3.8) is 0 Å². The maximum atomic E-state index is 13.6. The van der Waals surface area contributed by atoms with Gasteiger partial charge in [0.1, 0.15) is 28.7 Å². The number of aliphatic hydroxyl groups excluding tert-OH is 1. The number of nitrogens with one attached hydrogen (secondary N) is 1. The van der Waals surface area contributed by atoms with Gasteiger partial charge in [-0.2, -0.15) is 0 Å². The highest BCUT2D eigenvalue weighted by atomic mass is 35.5. The van der Waals surface area contributed by atoms with E-state index in [1.165, 1.54) is 12.1 Å². The summed E-state index contributed by atoms with van der Waals surface area (Å²) in [7, 11) is 0. The summed E-state index contributed by atoms with van der Waals surface area (Å²) in [5.41, 5.74) is 1.78. The normalized spacial score (nSPS) is 19.9. The minimum Gasteiger partial charge on any atom is -0.374 e. The highest BCUT2D eigenvalue weighted by molar-refractivity contribution is 6.37. The summed E-state index contributed by atoms with van der Waals surface area (Å²) in [6.07, 6.45) is 2.78. The monoisotopic (exact) mass is 469 g/mol. The van der Waals surface area contributed by atoms with Crippen LogP contribution in [0.4, 0.5) is 4.39 Å². The van der Waals surface area contributed by atoms with Crippen molar-refractivity contribution in [1.82, 2.24) is 15.0 Å². The number of aromatic nitrogens is 2. The highest BCUT2D eigenvalue weighted by Gasteiger charge is 2.28. The second-order valence-electron chi connectivity index (χ2n) is 8.82. The molecule has 0 unspecified atom stereocenters. The molecule has 2 N–H and O–H groups in total. The summed E-state index contributed by atoms with van der Waals surface area (Å²) >= 11 is 6.53. The Bertz CT molecular complexity index is 1370. The van der Waals surface area contributed by atoms with Crippen molar-refractivity contribution < 1.29 is 14.0 Å². The van der Waals surface area contributed by atoms with Crippen LogP contribution in [0, 0.1) is 18.7 Å². The molecule has 0 spiro atoms. The Hall–Kier alpha value is -2.74. The molecule has 1 saturated carbocycles. The fourth-order valence-electron chi connectivity index (χ4n) is 5.06. The van der Waals surface area contributed by atoms with E-state index in [-0.39, 0.29) is 23.3 Å². The van der Waals surface area contributed by atoms with Crippen LogP contribution in [0.3, 0.4) is 0 Å². The van der Waals surface area contributed by atoms with E-state index in [0.29, 0.717) is 33.8 Å². The topological polar surface area (TPSA) is 80.3 Å². The molecule has 2 aromatic carbocycles. The lowest BCUT2D eigenvalue weighted by molar-refractivity contribution is 0.124. The first-order valence-electron chi connectivity index (χ1n) is 11.2. The van der Waals surface area contributed by atoms with Crippen LogP contribution in [0.15, 0.2) is 51.8 Å². The van der Waals surface area contributed by atoms with Gasteiger partial charge < -0.3 is 14.2 Å². The molecule has 0 saturated heterocycles. The average Bonchev–Trinajstić information content (AvgIpc) is 3.20. The third kappa shape index (κ3) is 4.05. The highest BCUT2D eigenvalue weighted by Crippen LogP contribution is 2.37. The number of benzene rings is 2. The molecule has 0 amide bonds. The van der Waals surface area contributed by atoms with Crippen LogP contribution >= 0.6 is 11.6 Å². The van der Waals surface area contributed by atoms with Crippen LogP contribution in [0.1, 0.15) is 49.3 Å². The zero-order valence-corrected chi connectivity index (χ0v) is 19.0. The molecule has 3 atom stereocenters. The molecule has 2 aromatic heterocycles. The molecule has 172 valence electrons. The van der Waals surface area contributed by atoms with E-state index in [1.54, 1.807) is 25.1 Å². The van der Waals surface area contributed by atoms with Gasteiger partial charge in [-0.15, -0.1) is 0 Å². The Balaban J connectivity index is 1.43. The fourth-order valence-corrected chi connectivity index (χ4v) is 5.32. The summed E-state index contributed by atoms with van der Waals surface area (Å²) in [6.45, 7) is 2.34. The van der Waals surface area contributed by atoms with Crippen LogP contribution in [0.5, 0.6) is 0 Å². The molecule has 2 heterocycles. The summed E-state index contributed by atoms with van der Waals surface area (Å²) in [6, 6.07) is 11.4. The van der Waals surface area contributed by atoms with Crippen molar-refractivity contribution in [3.8, 4) is 0 Å². The van der Waals surface area contributed by atoms with Gasteiger partial charge in [0.2, 0.25) is 0 Å². The molecule has 1 aliphatic carbocycles. The first kappa shape index (κ1) is 22.1. The number of rotatable bonds is 5. The van der Waals surface area contributed by atoms with Crippen LogP contribution in [0.25, 0.3) is 21.8 Å². The standard InChI is InChI=1S/C25H25ClFN3O3/c1-14-21-23(29-33-14)22-19(26)6-3-7-20(22)30(25(21)32)18-5-2-4-15(12-18)13-28-24(31)16-8-10-17(27)11-9-16/h3,6-11,15,18,24,28,31H,2,4-5,12-13H2,1H3/t15-,18+,24+/m1/s1. The minimum absolute atomic E-state index is 0.000630. The third-order valence-corrected chi connectivity index (χ3v) is 7.00. The number of hydrogen-bond donors (Lipinski definition) is 2. The minimum atomic E-state index is -0.871. The van der Waals surface area contributed by atoms with Crippen molar-refractivity contribution in [2.45, 2.75) is 44.9 Å².